The zero-order valence-electron chi connectivity index (χ0n) is 11.7. The van der Waals surface area contributed by atoms with E-state index in [1.54, 1.807) is 6.20 Å². The van der Waals surface area contributed by atoms with Gasteiger partial charge in [-0.25, -0.2) is 18.7 Å². The lowest BCUT2D eigenvalue weighted by Gasteiger charge is -2.15. The fourth-order valence-corrected chi connectivity index (χ4v) is 2.32. The van der Waals surface area contributed by atoms with Gasteiger partial charge in [0.1, 0.15) is 11.5 Å². The molecule has 22 heavy (non-hydrogen) atoms. The fraction of sp³-hybridized carbons (Fsp3) is 0.267. The number of rotatable bonds is 3. The summed E-state index contributed by atoms with van der Waals surface area (Å²) < 4.78 is 25.9. The molecular weight excluding hydrogens is 290 g/mol. The highest BCUT2D eigenvalue weighted by Gasteiger charge is 2.15. The summed E-state index contributed by atoms with van der Waals surface area (Å²) in [5.41, 5.74) is 0.280. The van der Waals surface area contributed by atoms with Crippen LogP contribution in [0.15, 0.2) is 30.6 Å². The molecule has 2 aromatic rings. The van der Waals surface area contributed by atoms with Gasteiger partial charge in [-0.2, -0.15) is 0 Å². The maximum atomic E-state index is 13.1. The van der Waals surface area contributed by atoms with Crippen LogP contribution in [-0.2, 0) is 0 Å². The summed E-state index contributed by atoms with van der Waals surface area (Å²) in [6.07, 6.45) is 5.18. The molecule has 0 unspecified atom stereocenters. The maximum Gasteiger partial charge on any atom is 0.275 e. The zero-order chi connectivity index (χ0) is 15.5. The largest absolute Gasteiger partial charge is 0.355 e. The molecule has 1 saturated heterocycles. The first-order chi connectivity index (χ1) is 10.6. The van der Waals surface area contributed by atoms with Crippen molar-refractivity contribution in [1.82, 2.24) is 9.97 Å². The molecule has 0 spiro atoms. The molecule has 114 valence electrons. The smallest absolute Gasteiger partial charge is 0.275 e. The molecule has 0 bridgehead atoms. The molecule has 0 aliphatic carbocycles. The quantitative estimate of drug-likeness (QED) is 0.947. The van der Waals surface area contributed by atoms with E-state index in [1.807, 2.05) is 0 Å². The second-order valence-electron chi connectivity index (χ2n) is 5.04. The summed E-state index contributed by atoms with van der Waals surface area (Å²) in [7, 11) is 0. The molecule has 1 amide bonds. The van der Waals surface area contributed by atoms with Crippen LogP contribution in [0.2, 0.25) is 0 Å². The van der Waals surface area contributed by atoms with E-state index in [4.69, 9.17) is 0 Å². The van der Waals surface area contributed by atoms with Gasteiger partial charge in [-0.3, -0.25) is 4.79 Å². The van der Waals surface area contributed by atoms with Crippen molar-refractivity contribution < 1.29 is 13.6 Å². The fourth-order valence-electron chi connectivity index (χ4n) is 2.32. The number of halogens is 2. The Morgan fingerprint density at radius 3 is 2.50 bits per heavy atom. The van der Waals surface area contributed by atoms with E-state index >= 15 is 0 Å². The van der Waals surface area contributed by atoms with Gasteiger partial charge in [0.15, 0.2) is 11.6 Å². The van der Waals surface area contributed by atoms with E-state index in [1.165, 1.54) is 12.3 Å². The standard InChI is InChI=1S/C15H14F2N4O/c16-11-4-3-10(7-12(11)17)20-15(22)13-8-19-14(9-18-13)21-5-1-2-6-21/h3-4,7-9H,1-2,5-6H2,(H,20,22). The highest BCUT2D eigenvalue weighted by Crippen LogP contribution is 2.17. The number of hydrogen-bond donors (Lipinski definition) is 1. The molecule has 0 atom stereocenters. The molecule has 7 heteroatoms. The van der Waals surface area contributed by atoms with Crippen LogP contribution in [0, 0.1) is 11.6 Å². The monoisotopic (exact) mass is 304 g/mol. The third kappa shape index (κ3) is 3.03. The third-order valence-electron chi connectivity index (χ3n) is 3.48. The lowest BCUT2D eigenvalue weighted by atomic mass is 10.3. The second-order valence-corrected chi connectivity index (χ2v) is 5.04. The molecule has 2 heterocycles. The van der Waals surface area contributed by atoms with Crippen molar-refractivity contribution in [3.8, 4) is 0 Å². The zero-order valence-corrected chi connectivity index (χ0v) is 11.7. The van der Waals surface area contributed by atoms with Crippen LogP contribution < -0.4 is 10.2 Å². The van der Waals surface area contributed by atoms with Crippen LogP contribution >= 0.6 is 0 Å². The van der Waals surface area contributed by atoms with Crippen LogP contribution in [-0.4, -0.2) is 29.0 Å². The number of aromatic nitrogens is 2. The second kappa shape index (κ2) is 6.05. The summed E-state index contributed by atoms with van der Waals surface area (Å²) in [6, 6.07) is 3.15. The van der Waals surface area contributed by atoms with Crippen LogP contribution in [0.5, 0.6) is 0 Å². The lowest BCUT2D eigenvalue weighted by Crippen LogP contribution is -2.20. The van der Waals surface area contributed by atoms with Gasteiger partial charge in [0.25, 0.3) is 5.91 Å². The molecule has 1 aliphatic heterocycles. The van der Waals surface area contributed by atoms with Crippen LogP contribution in [0.1, 0.15) is 23.3 Å². The summed E-state index contributed by atoms with van der Waals surface area (Å²) >= 11 is 0. The molecule has 1 fully saturated rings. The Balaban J connectivity index is 1.70. The number of anilines is 2. The van der Waals surface area contributed by atoms with Crippen LogP contribution in [0.25, 0.3) is 0 Å². The third-order valence-corrected chi connectivity index (χ3v) is 3.48. The van der Waals surface area contributed by atoms with Crippen molar-refractivity contribution in [2.75, 3.05) is 23.3 Å². The van der Waals surface area contributed by atoms with Crippen molar-refractivity contribution in [1.29, 1.82) is 0 Å². The van der Waals surface area contributed by atoms with Gasteiger partial charge in [-0.05, 0) is 25.0 Å². The molecule has 5 nitrogen and oxygen atoms in total. The Morgan fingerprint density at radius 1 is 1.09 bits per heavy atom. The average molecular weight is 304 g/mol. The molecular formula is C15H14F2N4O. The predicted octanol–water partition coefficient (Wildman–Crippen LogP) is 2.61. The normalized spacial score (nSPS) is 14.2. The van der Waals surface area contributed by atoms with Crippen LogP contribution in [0.3, 0.4) is 0 Å². The Labute approximate surface area is 126 Å². The topological polar surface area (TPSA) is 58.1 Å². The molecule has 1 aromatic carbocycles. The molecule has 3 rings (SSSR count). The van der Waals surface area contributed by atoms with Crippen molar-refractivity contribution in [2.24, 2.45) is 0 Å². The number of amides is 1. The average Bonchev–Trinajstić information content (AvgIpc) is 3.05. The minimum Gasteiger partial charge on any atom is -0.355 e. The van der Waals surface area contributed by atoms with E-state index in [2.05, 4.69) is 20.2 Å². The Bertz CT molecular complexity index is 684. The minimum atomic E-state index is -1.02. The minimum absolute atomic E-state index is 0.118. The molecule has 1 aromatic heterocycles. The van der Waals surface area contributed by atoms with Gasteiger partial charge in [-0.15, -0.1) is 0 Å². The first-order valence-electron chi connectivity index (χ1n) is 6.97. The molecule has 0 radical (unpaired) electrons. The number of nitrogens with one attached hydrogen (secondary N) is 1. The van der Waals surface area contributed by atoms with Crippen molar-refractivity contribution in [2.45, 2.75) is 12.8 Å². The predicted molar refractivity (Wildman–Crippen MR) is 77.8 cm³/mol. The van der Waals surface area contributed by atoms with Crippen molar-refractivity contribution in [3.63, 3.8) is 0 Å². The summed E-state index contributed by atoms with van der Waals surface area (Å²) in [5, 5.41) is 2.45. The van der Waals surface area contributed by atoms with Crippen molar-refractivity contribution >= 4 is 17.4 Å². The van der Waals surface area contributed by atoms with E-state index < -0.39 is 17.5 Å². The number of benzene rings is 1. The summed E-state index contributed by atoms with van der Waals surface area (Å²) in [4.78, 5) is 22.4. The molecule has 0 saturated carbocycles. The van der Waals surface area contributed by atoms with Gasteiger partial charge in [0.05, 0.1) is 12.4 Å². The summed E-state index contributed by atoms with van der Waals surface area (Å²) in [6.45, 7) is 1.88. The number of hydrogen-bond acceptors (Lipinski definition) is 4. The SMILES string of the molecule is O=C(Nc1ccc(F)c(F)c1)c1cnc(N2CCCC2)cn1. The highest BCUT2D eigenvalue weighted by atomic mass is 19.2. The first-order valence-corrected chi connectivity index (χ1v) is 6.97. The molecule has 1 N–H and O–H groups in total. The van der Waals surface area contributed by atoms with E-state index in [0.717, 1.165) is 43.9 Å². The van der Waals surface area contributed by atoms with Gasteiger partial charge in [0, 0.05) is 24.8 Å². The first kappa shape index (κ1) is 14.4. The Morgan fingerprint density at radius 2 is 1.86 bits per heavy atom. The van der Waals surface area contributed by atoms with E-state index in [0.29, 0.717) is 0 Å². The number of nitrogens with zero attached hydrogens (tertiary/aromatic N) is 3. The summed E-state index contributed by atoms with van der Waals surface area (Å²) in [5.74, 6) is -1.77. The number of carbonyl (C=O) groups is 1. The van der Waals surface area contributed by atoms with E-state index in [-0.39, 0.29) is 11.4 Å². The van der Waals surface area contributed by atoms with Crippen LogP contribution in [0.4, 0.5) is 20.3 Å². The number of carbonyl (C=O) groups excluding carboxylic acids is 1. The van der Waals surface area contributed by atoms with Crippen molar-refractivity contribution in [3.05, 3.63) is 47.9 Å². The van der Waals surface area contributed by atoms with E-state index in [9.17, 15) is 13.6 Å². The Hall–Kier alpha value is -2.57. The lowest BCUT2D eigenvalue weighted by molar-refractivity contribution is 0.102. The van der Waals surface area contributed by atoms with Gasteiger partial charge in [0.2, 0.25) is 0 Å². The Kier molecular flexibility index (Phi) is 3.95. The molecule has 1 aliphatic rings. The highest BCUT2D eigenvalue weighted by molar-refractivity contribution is 6.02. The van der Waals surface area contributed by atoms with Gasteiger partial charge >= 0.3 is 0 Å². The van der Waals surface area contributed by atoms with Gasteiger partial charge in [-0.1, -0.05) is 0 Å². The maximum absolute atomic E-state index is 13.1. The van der Waals surface area contributed by atoms with Gasteiger partial charge < -0.3 is 10.2 Å².